The Morgan fingerprint density at radius 2 is 0.831 bits per heavy atom. The number of Topliss-reactive ketones (excluding diaryl/α,β-unsaturated/α-hetero) is 2. The topological polar surface area (TPSA) is 136 Å². The molecule has 0 N–H and O–H groups in total. The zero-order chi connectivity index (χ0) is 48.5. The fourth-order valence-electron chi connectivity index (χ4n) is 9.64. The van der Waals surface area contributed by atoms with Crippen molar-refractivity contribution in [3.8, 4) is 0 Å². The third kappa shape index (κ3) is 16.0. The van der Waals surface area contributed by atoms with E-state index in [9.17, 15) is 9.59 Å². The first-order valence-corrected chi connectivity index (χ1v) is 24.9. The zero-order valence-corrected chi connectivity index (χ0v) is 43.9. The van der Waals surface area contributed by atoms with Crippen molar-refractivity contribution in [1.29, 1.82) is 0 Å². The summed E-state index contributed by atoms with van der Waals surface area (Å²) in [5.41, 5.74) is -3.10. The molecule has 4 aliphatic rings. The fourth-order valence-corrected chi connectivity index (χ4v) is 9.64. The Balaban J connectivity index is 1.26. The van der Waals surface area contributed by atoms with Crippen LogP contribution in [-0.2, 0) is 61.7 Å². The third-order valence-corrected chi connectivity index (χ3v) is 15.7. The zero-order valence-electron chi connectivity index (χ0n) is 43.9. The highest BCUT2D eigenvalue weighted by Gasteiger charge is 2.56. The normalized spacial score (nSPS) is 39.1. The minimum absolute atomic E-state index is 0.00900. The lowest BCUT2D eigenvalue weighted by atomic mass is 9.60. The van der Waals surface area contributed by atoms with Gasteiger partial charge in [0, 0.05) is 33.5 Å². The van der Waals surface area contributed by atoms with E-state index in [-0.39, 0.29) is 51.5 Å². The Morgan fingerprint density at radius 3 is 1.22 bits per heavy atom. The van der Waals surface area contributed by atoms with Gasteiger partial charge in [0.05, 0.1) is 127 Å². The van der Waals surface area contributed by atoms with Crippen LogP contribution in [0.2, 0.25) is 0 Å². The summed E-state index contributed by atoms with van der Waals surface area (Å²) in [5, 5.41) is 0. The smallest absolute Gasteiger partial charge is 0.158 e. The van der Waals surface area contributed by atoms with Crippen molar-refractivity contribution in [2.24, 2.45) is 33.5 Å². The number of ketones is 2. The lowest BCUT2D eigenvalue weighted by Crippen LogP contribution is -2.59. The summed E-state index contributed by atoms with van der Waals surface area (Å²) in [6.45, 7) is 39.6. The standard InChI is InChI=1S/C52H94O13/c1-37(2)58-30-48(12)32-65-52(16,26-46(48,10)29-61-42(8)40(6)54)35-55-21-43-17-19-49(13,62-23-43)33-57-27-47(11)31-64-51(15,25-45(47,9)28-60-41(7)39(5)53)34-56-22-44-18-20-50(14,63-24-44)36-59-38(3)4/h37-38,41-44H,17-36H2,1-16H3/t41?,42?,43-,44-,45+,46+,47+,48+,49+,50+,51+,52+/m0/s1. The van der Waals surface area contributed by atoms with Crippen molar-refractivity contribution in [2.45, 2.75) is 196 Å². The lowest BCUT2D eigenvalue weighted by Gasteiger charge is -2.55. The molecule has 2 unspecified atom stereocenters. The van der Waals surface area contributed by atoms with Gasteiger partial charge in [-0.3, -0.25) is 9.59 Å². The van der Waals surface area contributed by atoms with Crippen molar-refractivity contribution in [3.05, 3.63) is 0 Å². The molecule has 0 amide bonds. The van der Waals surface area contributed by atoms with Crippen LogP contribution < -0.4 is 0 Å². The molecule has 380 valence electrons. The second-order valence-corrected chi connectivity index (χ2v) is 23.8. The molecule has 13 nitrogen and oxygen atoms in total. The highest BCUT2D eigenvalue weighted by molar-refractivity contribution is 5.80. The minimum Gasteiger partial charge on any atom is -0.378 e. The Kier molecular flexibility index (Phi) is 20.2. The van der Waals surface area contributed by atoms with E-state index in [0.29, 0.717) is 111 Å². The van der Waals surface area contributed by atoms with Crippen LogP contribution in [0.3, 0.4) is 0 Å². The molecule has 0 bridgehead atoms. The fraction of sp³-hybridized carbons (Fsp3) is 0.962. The summed E-state index contributed by atoms with van der Waals surface area (Å²) in [7, 11) is 0. The van der Waals surface area contributed by atoms with Gasteiger partial charge in [-0.15, -0.1) is 0 Å². The molecule has 13 heteroatoms. The highest BCUT2D eigenvalue weighted by Crippen LogP contribution is 2.53. The summed E-state index contributed by atoms with van der Waals surface area (Å²) in [4.78, 5) is 24.3. The van der Waals surface area contributed by atoms with Crippen LogP contribution in [0.25, 0.3) is 0 Å². The van der Waals surface area contributed by atoms with Gasteiger partial charge in [-0.05, 0) is 122 Å². The second-order valence-electron chi connectivity index (χ2n) is 23.8. The van der Waals surface area contributed by atoms with Crippen molar-refractivity contribution in [1.82, 2.24) is 0 Å². The molecule has 0 aliphatic carbocycles. The molecule has 4 rings (SSSR count). The van der Waals surface area contributed by atoms with Crippen LogP contribution >= 0.6 is 0 Å². The molecule has 4 aliphatic heterocycles. The summed E-state index contributed by atoms with van der Waals surface area (Å²) >= 11 is 0. The minimum atomic E-state index is -0.533. The molecule has 0 radical (unpaired) electrons. The first-order valence-electron chi connectivity index (χ1n) is 24.9. The first-order chi connectivity index (χ1) is 30.1. The number of carbonyl (C=O) groups is 2. The van der Waals surface area contributed by atoms with Crippen LogP contribution in [0, 0.1) is 33.5 Å². The quantitative estimate of drug-likeness (QED) is 0.0820. The predicted molar refractivity (Wildman–Crippen MR) is 251 cm³/mol. The van der Waals surface area contributed by atoms with E-state index >= 15 is 0 Å². The lowest BCUT2D eigenvalue weighted by molar-refractivity contribution is -0.240. The van der Waals surface area contributed by atoms with E-state index in [1.807, 2.05) is 27.7 Å². The van der Waals surface area contributed by atoms with Crippen LogP contribution in [0.4, 0.5) is 0 Å². The molecule has 0 aromatic rings. The number of ether oxygens (including phenoxy) is 11. The molecule has 4 heterocycles. The molecular weight excluding hydrogens is 833 g/mol. The average molecular weight is 927 g/mol. The summed E-state index contributed by atoms with van der Waals surface area (Å²) < 4.78 is 69.9. The molecule has 0 saturated carbocycles. The van der Waals surface area contributed by atoms with E-state index in [2.05, 4.69) is 69.2 Å². The Labute approximate surface area is 394 Å². The number of carbonyl (C=O) groups excluding carboxylic acids is 2. The average Bonchev–Trinajstić information content (AvgIpc) is 3.22. The molecule has 4 saturated heterocycles. The van der Waals surface area contributed by atoms with Gasteiger partial charge in [0.15, 0.2) is 11.6 Å². The van der Waals surface area contributed by atoms with E-state index in [1.165, 1.54) is 0 Å². The Morgan fingerprint density at radius 1 is 0.462 bits per heavy atom. The number of hydrogen-bond acceptors (Lipinski definition) is 13. The molecule has 0 aromatic carbocycles. The van der Waals surface area contributed by atoms with Crippen molar-refractivity contribution in [3.63, 3.8) is 0 Å². The van der Waals surface area contributed by atoms with Crippen LogP contribution in [-0.4, -0.2) is 151 Å². The molecule has 0 aromatic heterocycles. The molecular formula is C52H94O13. The van der Waals surface area contributed by atoms with Gasteiger partial charge in [0.25, 0.3) is 0 Å². The summed E-state index contributed by atoms with van der Waals surface area (Å²) in [5.74, 6) is 0.611. The summed E-state index contributed by atoms with van der Waals surface area (Å²) in [6, 6.07) is 0. The van der Waals surface area contributed by atoms with E-state index in [4.69, 9.17) is 52.1 Å². The van der Waals surface area contributed by atoms with Crippen molar-refractivity contribution in [2.75, 3.05) is 92.5 Å². The van der Waals surface area contributed by atoms with Crippen LogP contribution in [0.15, 0.2) is 0 Å². The van der Waals surface area contributed by atoms with E-state index in [0.717, 1.165) is 25.7 Å². The second kappa shape index (κ2) is 23.2. The van der Waals surface area contributed by atoms with Gasteiger partial charge in [-0.25, -0.2) is 0 Å². The molecule has 0 spiro atoms. The SMILES string of the molecule is CC(=O)C(C)OC[C@@]1(C)C[C@](C)(COC[C@@H]2CC[C@](C)(COC(C)C)OC2)OC[C@@]1(C)COC[C@@]1(C)CC[C@@H](COC[C@@]2(C)C[C@](C)(COC(C)C(C)=O)[C@](C)(COC(C)C)CO2)CO1. The maximum absolute atomic E-state index is 12.2. The van der Waals surface area contributed by atoms with Gasteiger partial charge < -0.3 is 52.1 Å². The van der Waals surface area contributed by atoms with Crippen molar-refractivity contribution < 1.29 is 61.7 Å². The monoisotopic (exact) mass is 927 g/mol. The first kappa shape index (κ1) is 56.5. The highest BCUT2D eigenvalue weighted by atomic mass is 16.6. The Hall–Kier alpha value is -1.10. The van der Waals surface area contributed by atoms with Crippen LogP contribution in [0.5, 0.6) is 0 Å². The largest absolute Gasteiger partial charge is 0.378 e. The van der Waals surface area contributed by atoms with Crippen LogP contribution in [0.1, 0.15) is 149 Å². The predicted octanol–water partition coefficient (Wildman–Crippen LogP) is 8.63. The maximum Gasteiger partial charge on any atom is 0.158 e. The number of rotatable bonds is 26. The maximum atomic E-state index is 12.2. The number of hydrogen-bond donors (Lipinski definition) is 0. The van der Waals surface area contributed by atoms with Crippen molar-refractivity contribution >= 4 is 11.6 Å². The van der Waals surface area contributed by atoms with Gasteiger partial charge in [0.1, 0.15) is 12.2 Å². The van der Waals surface area contributed by atoms with Gasteiger partial charge in [-0.1, -0.05) is 27.7 Å². The molecule has 4 fully saturated rings. The van der Waals surface area contributed by atoms with E-state index in [1.54, 1.807) is 13.8 Å². The third-order valence-electron chi connectivity index (χ3n) is 15.7. The van der Waals surface area contributed by atoms with Gasteiger partial charge in [0.2, 0.25) is 0 Å². The summed E-state index contributed by atoms with van der Waals surface area (Å²) in [6.07, 6.45) is 4.49. The molecule has 12 atom stereocenters. The van der Waals surface area contributed by atoms with Gasteiger partial charge in [-0.2, -0.15) is 0 Å². The molecule has 65 heavy (non-hydrogen) atoms. The van der Waals surface area contributed by atoms with E-state index < -0.39 is 34.4 Å². The van der Waals surface area contributed by atoms with Gasteiger partial charge >= 0.3 is 0 Å². The Bertz CT molecular complexity index is 1490.